The average Bonchev–Trinajstić information content (AvgIpc) is 3.86. The number of hydrogen-bond acceptors (Lipinski definition) is 7. The van der Waals surface area contributed by atoms with Gasteiger partial charge in [0.15, 0.2) is 12.1 Å². The van der Waals surface area contributed by atoms with Crippen molar-refractivity contribution in [1.29, 1.82) is 0 Å². The third-order valence-corrected chi connectivity index (χ3v) is 9.73. The quantitative estimate of drug-likeness (QED) is 0.0855. The van der Waals surface area contributed by atoms with Crippen molar-refractivity contribution in [2.24, 2.45) is 0 Å². The van der Waals surface area contributed by atoms with Crippen LogP contribution in [0.3, 0.4) is 0 Å². The molecule has 52 heavy (non-hydrogen) atoms. The first-order valence-corrected chi connectivity index (χ1v) is 17.3. The summed E-state index contributed by atoms with van der Waals surface area (Å²) in [7, 11) is 1.55. The molecule has 0 N–H and O–H groups in total. The minimum atomic E-state index is -0.801. The van der Waals surface area contributed by atoms with E-state index < -0.39 is 11.6 Å². The first-order valence-electron chi connectivity index (χ1n) is 17.3. The molecule has 0 radical (unpaired) electrons. The van der Waals surface area contributed by atoms with Crippen LogP contribution in [0.25, 0.3) is 33.5 Å². The second kappa shape index (κ2) is 14.1. The van der Waals surface area contributed by atoms with Crippen LogP contribution in [-0.4, -0.2) is 50.8 Å². The second-order valence-corrected chi connectivity index (χ2v) is 12.8. The Kier molecular flexibility index (Phi) is 8.88. The van der Waals surface area contributed by atoms with E-state index in [4.69, 9.17) is 19.9 Å². The van der Waals surface area contributed by atoms with E-state index in [0.717, 1.165) is 63.7 Å². The van der Waals surface area contributed by atoms with Crippen molar-refractivity contribution in [3.05, 3.63) is 156 Å². The lowest BCUT2D eigenvalue weighted by atomic mass is 9.77. The van der Waals surface area contributed by atoms with Gasteiger partial charge in [0.1, 0.15) is 17.6 Å². The molecule has 2 aromatic heterocycles. The number of aromatic nitrogens is 5. The smallest absolute Gasteiger partial charge is 0.378 e. The van der Waals surface area contributed by atoms with E-state index in [1.165, 1.54) is 4.90 Å². The van der Waals surface area contributed by atoms with Crippen LogP contribution < -0.4 is 4.90 Å². The summed E-state index contributed by atoms with van der Waals surface area (Å²) in [6, 6.07) is 44.7. The van der Waals surface area contributed by atoms with Crippen LogP contribution in [0, 0.1) is 0 Å². The summed E-state index contributed by atoms with van der Waals surface area (Å²) >= 11 is 0. The van der Waals surface area contributed by atoms with Crippen LogP contribution in [0.15, 0.2) is 140 Å². The zero-order valence-corrected chi connectivity index (χ0v) is 28.6. The van der Waals surface area contributed by atoms with Crippen molar-refractivity contribution >= 4 is 29.2 Å². The van der Waals surface area contributed by atoms with Crippen molar-refractivity contribution in [2.75, 3.05) is 18.6 Å². The summed E-state index contributed by atoms with van der Waals surface area (Å²) in [5.74, 6) is 0.562. The van der Waals surface area contributed by atoms with E-state index in [-0.39, 0.29) is 12.7 Å². The van der Waals surface area contributed by atoms with Gasteiger partial charge in [0, 0.05) is 35.9 Å². The molecular formula is C42H36N6O4. The Morgan fingerprint density at radius 2 is 1.48 bits per heavy atom. The number of hydrogen-bond donors (Lipinski definition) is 0. The summed E-state index contributed by atoms with van der Waals surface area (Å²) < 4.78 is 14.7. The third kappa shape index (κ3) is 5.82. The van der Waals surface area contributed by atoms with Gasteiger partial charge in [0.2, 0.25) is 0 Å². The fourth-order valence-electron chi connectivity index (χ4n) is 7.21. The Hall–Kier alpha value is -6.39. The van der Waals surface area contributed by atoms with Gasteiger partial charge >= 0.3 is 12.6 Å². The van der Waals surface area contributed by atoms with Crippen molar-refractivity contribution in [3.63, 3.8) is 0 Å². The maximum absolute atomic E-state index is 12.4. The van der Waals surface area contributed by atoms with E-state index >= 15 is 0 Å². The van der Waals surface area contributed by atoms with Gasteiger partial charge in [-0.15, -0.1) is 5.10 Å². The monoisotopic (exact) mass is 688 g/mol. The molecule has 1 fully saturated rings. The predicted octanol–water partition coefficient (Wildman–Crippen LogP) is 8.23. The molecule has 8 rings (SSSR count). The highest BCUT2D eigenvalue weighted by molar-refractivity contribution is 5.97. The van der Waals surface area contributed by atoms with E-state index in [9.17, 15) is 9.59 Å². The molecule has 1 aliphatic rings. The van der Waals surface area contributed by atoms with Crippen LogP contribution in [0.1, 0.15) is 42.2 Å². The zero-order valence-electron chi connectivity index (χ0n) is 28.6. The summed E-state index contributed by atoms with van der Waals surface area (Å²) in [4.78, 5) is 29.4. The highest BCUT2D eigenvalue weighted by Gasteiger charge is 2.39. The van der Waals surface area contributed by atoms with Crippen LogP contribution in [0.4, 0.5) is 10.5 Å². The summed E-state index contributed by atoms with van der Waals surface area (Å²) in [5, 5.41) is 11.2. The number of anilines is 1. The van der Waals surface area contributed by atoms with E-state index in [1.807, 2.05) is 58.2 Å². The van der Waals surface area contributed by atoms with Crippen LogP contribution in [0.2, 0.25) is 0 Å². The van der Waals surface area contributed by atoms with Gasteiger partial charge in [-0.25, -0.2) is 19.1 Å². The molecule has 1 saturated heterocycles. The van der Waals surface area contributed by atoms with Crippen LogP contribution >= 0.6 is 0 Å². The molecule has 1 amide bonds. The van der Waals surface area contributed by atoms with Crippen molar-refractivity contribution in [1.82, 2.24) is 24.5 Å². The SMILES string of the molecule is CN(C(=O)OC=O)c1cccc(-c2nn(C3CCCCO3)c3ccc(-c4ncn(C(c5ccccc5)(c5ccccc5)c5ccccc5)n4)cc23)c1. The highest BCUT2D eigenvalue weighted by Crippen LogP contribution is 2.41. The number of carbonyl (C=O) groups excluding carboxylic acids is 2. The van der Waals surface area contributed by atoms with Gasteiger partial charge in [0.05, 0.1) is 5.52 Å². The topological polar surface area (TPSA) is 104 Å². The summed E-state index contributed by atoms with van der Waals surface area (Å²) in [6.45, 7) is 0.800. The van der Waals surface area contributed by atoms with Gasteiger partial charge in [-0.3, -0.25) is 9.69 Å². The number of carbonyl (C=O) groups is 2. The van der Waals surface area contributed by atoms with Crippen LogP contribution in [0.5, 0.6) is 0 Å². The Bertz CT molecular complexity index is 2240. The minimum Gasteiger partial charge on any atom is -0.378 e. The Labute approximate surface area is 300 Å². The third-order valence-electron chi connectivity index (χ3n) is 9.73. The van der Waals surface area contributed by atoms with Gasteiger partial charge in [-0.05, 0) is 66.3 Å². The molecule has 0 aliphatic carbocycles. The lowest BCUT2D eigenvalue weighted by Crippen LogP contribution is -2.38. The predicted molar refractivity (Wildman–Crippen MR) is 199 cm³/mol. The van der Waals surface area contributed by atoms with Crippen molar-refractivity contribution < 1.29 is 19.1 Å². The molecule has 3 heterocycles. The largest absolute Gasteiger partial charge is 0.421 e. The molecule has 0 saturated carbocycles. The molecule has 5 aromatic carbocycles. The van der Waals surface area contributed by atoms with Crippen molar-refractivity contribution in [2.45, 2.75) is 31.0 Å². The fourth-order valence-corrected chi connectivity index (χ4v) is 7.21. The maximum atomic E-state index is 12.4. The van der Waals surface area contributed by atoms with Gasteiger partial charge < -0.3 is 9.47 Å². The molecule has 1 aliphatic heterocycles. The Balaban J connectivity index is 1.28. The molecule has 0 bridgehead atoms. The molecule has 10 heteroatoms. The van der Waals surface area contributed by atoms with Gasteiger partial charge in [0.25, 0.3) is 0 Å². The fraction of sp³-hybridized carbons (Fsp3) is 0.167. The van der Waals surface area contributed by atoms with Crippen molar-refractivity contribution in [3.8, 4) is 22.6 Å². The number of amides is 1. The molecule has 10 nitrogen and oxygen atoms in total. The standard InChI is InChI=1S/C42H36N6O4/c1-46(41(50)52-29-49)35-21-13-14-30(26-35)39-36-27-31(23-24-37(36)48(44-39)38-22-11-12-25-51-38)40-43-28-47(45-40)42(32-15-5-2-6-16-32,33-17-7-3-8-18-33)34-19-9-4-10-20-34/h2-10,13-21,23-24,26-29,38H,11-12,22,25H2,1H3. The number of rotatable bonds is 9. The highest BCUT2D eigenvalue weighted by atomic mass is 16.6. The summed E-state index contributed by atoms with van der Waals surface area (Å²) in [6.07, 6.45) is 3.74. The molecule has 1 unspecified atom stereocenters. The van der Waals surface area contributed by atoms with E-state index in [1.54, 1.807) is 13.1 Å². The molecule has 0 spiro atoms. The first kappa shape index (κ1) is 32.8. The van der Waals surface area contributed by atoms with Gasteiger partial charge in [-0.1, -0.05) is 103 Å². The maximum Gasteiger partial charge on any atom is 0.421 e. The molecule has 258 valence electrons. The molecule has 1 atom stereocenters. The van der Waals surface area contributed by atoms with Crippen LogP contribution in [-0.2, 0) is 19.8 Å². The normalized spacial score (nSPS) is 14.6. The average molecular weight is 689 g/mol. The Morgan fingerprint density at radius 3 is 2.10 bits per heavy atom. The second-order valence-electron chi connectivity index (χ2n) is 12.8. The first-order chi connectivity index (χ1) is 25.6. The van der Waals surface area contributed by atoms with E-state index in [0.29, 0.717) is 18.1 Å². The van der Waals surface area contributed by atoms with E-state index in [2.05, 4.69) is 89.7 Å². The molecular weight excluding hydrogens is 652 g/mol. The number of ether oxygens (including phenoxy) is 2. The number of fused-ring (bicyclic) bond motifs is 1. The minimum absolute atomic E-state index is 0.127. The number of benzene rings is 5. The zero-order chi connectivity index (χ0) is 35.5. The summed E-state index contributed by atoms with van der Waals surface area (Å²) in [5.41, 5.74) is 6.15. The lowest BCUT2D eigenvalue weighted by Gasteiger charge is -2.35. The number of nitrogens with zero attached hydrogens (tertiary/aromatic N) is 6. The Morgan fingerprint density at radius 1 is 0.808 bits per heavy atom. The van der Waals surface area contributed by atoms with Gasteiger partial charge in [-0.2, -0.15) is 5.10 Å². The lowest BCUT2D eigenvalue weighted by molar-refractivity contribution is -0.123. The molecule has 7 aromatic rings.